The maximum Gasteiger partial charge on any atom is 0.181 e. The zero-order valence-corrected chi connectivity index (χ0v) is 11.0. The minimum absolute atomic E-state index is 0.0433. The van der Waals surface area contributed by atoms with Crippen molar-refractivity contribution in [3.05, 3.63) is 29.8 Å². The van der Waals surface area contributed by atoms with Crippen molar-refractivity contribution in [3.8, 4) is 0 Å². The SMILES string of the molecule is CCC(N)CCCS(=O)(=O)c1ccc(F)cc1F. The number of hydrogen-bond acceptors (Lipinski definition) is 3. The molecule has 0 fully saturated rings. The Kier molecular flexibility index (Phi) is 5.22. The van der Waals surface area contributed by atoms with Crippen LogP contribution in [0.3, 0.4) is 0 Å². The molecule has 1 aromatic carbocycles. The highest BCUT2D eigenvalue weighted by Crippen LogP contribution is 2.18. The second kappa shape index (κ2) is 6.24. The average molecular weight is 277 g/mol. The van der Waals surface area contributed by atoms with Crippen LogP contribution in [0.2, 0.25) is 0 Å². The Morgan fingerprint density at radius 3 is 2.56 bits per heavy atom. The normalized spacial score (nSPS) is 13.6. The van der Waals surface area contributed by atoms with Gasteiger partial charge in [0, 0.05) is 12.1 Å². The van der Waals surface area contributed by atoms with Crippen LogP contribution in [0.1, 0.15) is 26.2 Å². The van der Waals surface area contributed by atoms with E-state index in [1.807, 2.05) is 6.92 Å². The van der Waals surface area contributed by atoms with E-state index in [1.165, 1.54) is 0 Å². The molecular weight excluding hydrogens is 260 g/mol. The lowest BCUT2D eigenvalue weighted by molar-refractivity contribution is 0.543. The van der Waals surface area contributed by atoms with Crippen molar-refractivity contribution >= 4 is 9.84 Å². The van der Waals surface area contributed by atoms with Crippen LogP contribution < -0.4 is 5.73 Å². The van der Waals surface area contributed by atoms with Gasteiger partial charge in [-0.1, -0.05) is 6.92 Å². The Hall–Kier alpha value is -1.01. The Balaban J connectivity index is 2.74. The summed E-state index contributed by atoms with van der Waals surface area (Å²) < 4.78 is 49.7. The highest BCUT2D eigenvalue weighted by Gasteiger charge is 2.19. The van der Waals surface area contributed by atoms with Gasteiger partial charge in [0.15, 0.2) is 9.84 Å². The monoisotopic (exact) mass is 277 g/mol. The molecular formula is C12H17F2NO2S. The van der Waals surface area contributed by atoms with Gasteiger partial charge >= 0.3 is 0 Å². The summed E-state index contributed by atoms with van der Waals surface area (Å²) in [7, 11) is -3.71. The van der Waals surface area contributed by atoms with Crippen LogP contribution in [0.5, 0.6) is 0 Å². The summed E-state index contributed by atoms with van der Waals surface area (Å²) in [5.74, 6) is -2.02. The first-order valence-electron chi connectivity index (χ1n) is 5.80. The summed E-state index contributed by atoms with van der Waals surface area (Å²) >= 11 is 0. The molecule has 18 heavy (non-hydrogen) atoms. The van der Waals surface area contributed by atoms with Crippen molar-refractivity contribution in [2.45, 2.75) is 37.1 Å². The highest BCUT2D eigenvalue weighted by molar-refractivity contribution is 7.91. The van der Waals surface area contributed by atoms with Gasteiger partial charge < -0.3 is 5.73 Å². The van der Waals surface area contributed by atoms with Gasteiger partial charge in [-0.05, 0) is 31.4 Å². The van der Waals surface area contributed by atoms with Gasteiger partial charge in [-0.2, -0.15) is 0 Å². The first-order valence-corrected chi connectivity index (χ1v) is 7.45. The highest BCUT2D eigenvalue weighted by atomic mass is 32.2. The standard InChI is InChI=1S/C12H17F2NO2S/c1-2-10(15)4-3-7-18(16,17)12-6-5-9(13)8-11(12)14/h5-6,8,10H,2-4,7,15H2,1H3. The predicted octanol–water partition coefficient (Wildman–Crippen LogP) is 2.26. The van der Waals surface area contributed by atoms with Gasteiger partial charge in [-0.15, -0.1) is 0 Å². The number of sulfone groups is 1. The number of nitrogens with two attached hydrogens (primary N) is 1. The molecule has 0 aliphatic heterocycles. The maximum absolute atomic E-state index is 13.4. The van der Waals surface area contributed by atoms with Crippen molar-refractivity contribution in [1.29, 1.82) is 0 Å². The molecule has 0 spiro atoms. The second-order valence-corrected chi connectivity index (χ2v) is 6.28. The molecule has 0 aromatic heterocycles. The lowest BCUT2D eigenvalue weighted by Gasteiger charge is -2.09. The van der Waals surface area contributed by atoms with Crippen LogP contribution in [0.4, 0.5) is 8.78 Å². The largest absolute Gasteiger partial charge is 0.328 e. The van der Waals surface area contributed by atoms with Crippen LogP contribution in [-0.4, -0.2) is 20.2 Å². The summed E-state index contributed by atoms with van der Waals surface area (Å²) in [6.45, 7) is 1.92. The average Bonchev–Trinajstić information content (AvgIpc) is 2.27. The van der Waals surface area contributed by atoms with E-state index in [-0.39, 0.29) is 11.8 Å². The van der Waals surface area contributed by atoms with Crippen LogP contribution >= 0.6 is 0 Å². The van der Waals surface area contributed by atoms with E-state index in [9.17, 15) is 17.2 Å². The molecule has 1 unspecified atom stereocenters. The summed E-state index contributed by atoms with van der Waals surface area (Å²) in [5, 5.41) is 0. The van der Waals surface area contributed by atoms with E-state index in [0.717, 1.165) is 18.6 Å². The molecule has 0 heterocycles. The first-order chi connectivity index (χ1) is 8.36. The third kappa shape index (κ3) is 4.03. The van der Waals surface area contributed by atoms with E-state index in [2.05, 4.69) is 0 Å². The van der Waals surface area contributed by atoms with Gasteiger partial charge in [0.2, 0.25) is 0 Å². The molecule has 0 bridgehead atoms. The molecule has 3 nitrogen and oxygen atoms in total. The molecule has 0 saturated carbocycles. The van der Waals surface area contributed by atoms with Crippen molar-refractivity contribution in [2.24, 2.45) is 5.73 Å². The topological polar surface area (TPSA) is 60.2 Å². The molecule has 1 aromatic rings. The van der Waals surface area contributed by atoms with E-state index in [0.29, 0.717) is 18.9 Å². The fraction of sp³-hybridized carbons (Fsp3) is 0.500. The van der Waals surface area contributed by atoms with Crippen molar-refractivity contribution in [2.75, 3.05) is 5.75 Å². The van der Waals surface area contributed by atoms with Crippen LogP contribution in [-0.2, 0) is 9.84 Å². The molecule has 0 amide bonds. The minimum atomic E-state index is -3.71. The quantitative estimate of drug-likeness (QED) is 0.811. The van der Waals surface area contributed by atoms with E-state index in [1.54, 1.807) is 0 Å². The fourth-order valence-corrected chi connectivity index (χ4v) is 2.98. The van der Waals surface area contributed by atoms with Crippen LogP contribution in [0, 0.1) is 11.6 Å². The zero-order chi connectivity index (χ0) is 13.8. The Bertz CT molecular complexity index is 503. The lowest BCUT2D eigenvalue weighted by atomic mass is 10.1. The third-order valence-electron chi connectivity index (χ3n) is 2.74. The molecule has 6 heteroatoms. The predicted molar refractivity (Wildman–Crippen MR) is 65.9 cm³/mol. The van der Waals surface area contributed by atoms with Gasteiger partial charge in [0.1, 0.15) is 16.5 Å². The van der Waals surface area contributed by atoms with Crippen molar-refractivity contribution in [1.82, 2.24) is 0 Å². The summed E-state index contributed by atoms with van der Waals surface area (Å²) in [6, 6.07) is 2.43. The maximum atomic E-state index is 13.4. The molecule has 0 aliphatic rings. The van der Waals surface area contributed by atoms with Gasteiger partial charge in [-0.3, -0.25) is 0 Å². The fourth-order valence-electron chi connectivity index (χ4n) is 1.58. The van der Waals surface area contributed by atoms with Gasteiger partial charge in [-0.25, -0.2) is 17.2 Å². The smallest absolute Gasteiger partial charge is 0.181 e. The Morgan fingerprint density at radius 2 is 2.00 bits per heavy atom. The van der Waals surface area contributed by atoms with E-state index in [4.69, 9.17) is 5.73 Å². The molecule has 1 atom stereocenters. The Labute approximate surface area is 106 Å². The van der Waals surface area contributed by atoms with E-state index < -0.39 is 26.4 Å². The first kappa shape index (κ1) is 15.0. The summed E-state index contributed by atoms with van der Waals surface area (Å²) in [6.07, 6.45) is 1.71. The van der Waals surface area contributed by atoms with Crippen molar-refractivity contribution < 1.29 is 17.2 Å². The number of hydrogen-bond donors (Lipinski definition) is 1. The zero-order valence-electron chi connectivity index (χ0n) is 10.2. The lowest BCUT2D eigenvalue weighted by Crippen LogP contribution is -2.20. The minimum Gasteiger partial charge on any atom is -0.328 e. The molecule has 0 radical (unpaired) electrons. The molecule has 1 rings (SSSR count). The molecule has 0 aliphatic carbocycles. The van der Waals surface area contributed by atoms with Crippen LogP contribution in [0.25, 0.3) is 0 Å². The van der Waals surface area contributed by atoms with Crippen molar-refractivity contribution in [3.63, 3.8) is 0 Å². The molecule has 102 valence electrons. The van der Waals surface area contributed by atoms with E-state index >= 15 is 0 Å². The Morgan fingerprint density at radius 1 is 1.33 bits per heavy atom. The molecule has 2 N–H and O–H groups in total. The molecule has 0 saturated heterocycles. The number of rotatable bonds is 6. The summed E-state index contributed by atoms with van der Waals surface area (Å²) in [5.41, 5.74) is 5.67. The van der Waals surface area contributed by atoms with Gasteiger partial charge in [0.05, 0.1) is 5.75 Å². The van der Waals surface area contributed by atoms with Crippen LogP contribution in [0.15, 0.2) is 23.1 Å². The number of halogens is 2. The summed E-state index contributed by atoms with van der Waals surface area (Å²) in [4.78, 5) is -0.450. The second-order valence-electron chi connectivity index (χ2n) is 4.20. The third-order valence-corrected chi connectivity index (χ3v) is 4.57. The number of benzene rings is 1. The van der Waals surface area contributed by atoms with Gasteiger partial charge in [0.25, 0.3) is 0 Å².